The summed E-state index contributed by atoms with van der Waals surface area (Å²) in [5.74, 6) is -2.00. The number of aryl methyl sites for hydroxylation is 2. The van der Waals surface area contributed by atoms with Crippen LogP contribution in [0.1, 0.15) is 42.0 Å². The third-order valence-corrected chi connectivity index (χ3v) is 13.0. The molecule has 3 aromatic carbocycles. The molecular weight excluding hydrogens is 728 g/mol. The highest BCUT2D eigenvalue weighted by Crippen LogP contribution is 2.62. The molecule has 1 saturated carbocycles. The van der Waals surface area contributed by atoms with Crippen molar-refractivity contribution < 1.29 is 19.4 Å². The highest BCUT2D eigenvalue weighted by Gasteiger charge is 2.66. The summed E-state index contributed by atoms with van der Waals surface area (Å²) >= 11 is 7.86. The molecule has 5 heterocycles. The summed E-state index contributed by atoms with van der Waals surface area (Å²) in [5.41, 5.74) is 1.29. The molecule has 1 N–H and O–H groups in total. The van der Waals surface area contributed by atoms with Crippen LogP contribution in [0.4, 0.5) is 5.82 Å². The second-order valence-corrected chi connectivity index (χ2v) is 15.9. The Balaban J connectivity index is 1.15. The monoisotopic (exact) mass is 762 g/mol. The summed E-state index contributed by atoms with van der Waals surface area (Å²) in [6.45, 7) is 4.14. The van der Waals surface area contributed by atoms with E-state index in [-0.39, 0.29) is 25.3 Å². The number of rotatable bonds is 6. The molecule has 0 radical (unpaired) electrons. The van der Waals surface area contributed by atoms with Crippen LogP contribution >= 0.6 is 22.9 Å². The number of benzene rings is 3. The number of aromatic nitrogens is 5. The molecule has 2 amide bonds. The van der Waals surface area contributed by atoms with E-state index in [0.717, 1.165) is 30.7 Å². The van der Waals surface area contributed by atoms with Gasteiger partial charge < -0.3 is 9.84 Å². The van der Waals surface area contributed by atoms with E-state index in [1.807, 2.05) is 61.5 Å². The van der Waals surface area contributed by atoms with Gasteiger partial charge in [-0.2, -0.15) is 5.10 Å². The van der Waals surface area contributed by atoms with E-state index in [4.69, 9.17) is 21.4 Å². The fourth-order valence-corrected chi connectivity index (χ4v) is 10.1. The van der Waals surface area contributed by atoms with E-state index in [9.17, 15) is 19.5 Å². The van der Waals surface area contributed by atoms with Crippen LogP contribution in [0.3, 0.4) is 0 Å². The van der Waals surface area contributed by atoms with Crippen LogP contribution in [0.2, 0.25) is 5.02 Å². The molecule has 0 spiro atoms. The van der Waals surface area contributed by atoms with Gasteiger partial charge in [0.05, 0.1) is 28.8 Å². The Morgan fingerprint density at radius 3 is 2.54 bits per heavy atom. The lowest BCUT2D eigenvalue weighted by Crippen LogP contribution is -2.49. The van der Waals surface area contributed by atoms with Gasteiger partial charge in [-0.25, -0.2) is 28.4 Å². The third kappa shape index (κ3) is 4.84. The summed E-state index contributed by atoms with van der Waals surface area (Å²) in [6, 6.07) is 21.4. The largest absolute Gasteiger partial charge is 0.508 e. The Morgan fingerprint density at radius 1 is 1.00 bits per heavy atom. The van der Waals surface area contributed by atoms with Gasteiger partial charge in [0.2, 0.25) is 11.8 Å². The topological polar surface area (TPSA) is 134 Å². The maximum absolute atomic E-state index is 15.1. The molecule has 3 aromatic heterocycles. The number of halogens is 1. The zero-order chi connectivity index (χ0) is 37.8. The van der Waals surface area contributed by atoms with Crippen molar-refractivity contribution in [1.29, 1.82) is 0 Å². The number of thiophene rings is 1. The number of hydrogen-bond acceptors (Lipinski definition) is 8. The maximum atomic E-state index is 15.1. The van der Waals surface area contributed by atoms with Gasteiger partial charge >= 0.3 is 11.4 Å². The molecule has 4 atom stereocenters. The number of allylic oxidation sites excluding steroid dienone is 2. The fourth-order valence-electron chi connectivity index (χ4n) is 8.76. The SMILES string of the molecule is Cc1c(-c2cc(N3C(=O)[C@@H]4C[C@@H]5C(=CCn6c(=O)n(C)c(=O)n65)[C@H](c5ccc(OCc6ccccc6)cc5O)[C@]4(C)C3=O)n(C)n2)sc2ccc(Cl)cc12. The first-order valence-corrected chi connectivity index (χ1v) is 18.8. The number of imide groups is 1. The second kappa shape index (κ2) is 12.2. The molecule has 1 aliphatic carbocycles. The second-order valence-electron chi connectivity index (χ2n) is 14.5. The molecule has 9 rings (SSSR count). The van der Waals surface area contributed by atoms with Crippen LogP contribution in [-0.4, -0.2) is 40.6 Å². The van der Waals surface area contributed by atoms with Crippen LogP contribution in [-0.2, 0) is 36.8 Å². The number of ether oxygens (including phenoxy) is 1. The third-order valence-electron chi connectivity index (χ3n) is 11.5. The minimum atomic E-state index is -1.38. The van der Waals surface area contributed by atoms with Crippen molar-refractivity contribution in [3.63, 3.8) is 0 Å². The Morgan fingerprint density at radius 2 is 1.78 bits per heavy atom. The van der Waals surface area contributed by atoms with E-state index >= 15 is 4.79 Å². The molecule has 2 fully saturated rings. The van der Waals surface area contributed by atoms with Crippen molar-refractivity contribution >= 4 is 50.7 Å². The number of amides is 2. The Kier molecular flexibility index (Phi) is 7.70. The zero-order valence-corrected chi connectivity index (χ0v) is 31.4. The predicted octanol–water partition coefficient (Wildman–Crippen LogP) is 6.07. The quantitative estimate of drug-likeness (QED) is 0.161. The molecule has 0 unspecified atom stereocenters. The number of phenols is 1. The zero-order valence-electron chi connectivity index (χ0n) is 29.8. The summed E-state index contributed by atoms with van der Waals surface area (Å²) in [4.78, 5) is 58.6. The van der Waals surface area contributed by atoms with E-state index in [1.165, 1.54) is 27.4 Å². The van der Waals surface area contributed by atoms with Crippen LogP contribution < -0.4 is 21.0 Å². The van der Waals surface area contributed by atoms with Crippen LogP contribution in [0, 0.1) is 18.3 Å². The van der Waals surface area contributed by atoms with Crippen molar-refractivity contribution in [3.05, 3.63) is 127 Å². The summed E-state index contributed by atoms with van der Waals surface area (Å²) in [5, 5.41) is 18.1. The Hall–Kier alpha value is -5.66. The molecule has 3 aliphatic rings. The van der Waals surface area contributed by atoms with Gasteiger partial charge in [-0.05, 0) is 66.6 Å². The lowest BCUT2D eigenvalue weighted by Gasteiger charge is -2.47. The van der Waals surface area contributed by atoms with Crippen LogP contribution in [0.25, 0.3) is 20.7 Å². The van der Waals surface area contributed by atoms with E-state index in [1.54, 1.807) is 48.2 Å². The molecule has 274 valence electrons. The fraction of sp³-hybridized carbons (Fsp3) is 0.275. The molecule has 1 saturated heterocycles. The first-order valence-electron chi connectivity index (χ1n) is 17.6. The first kappa shape index (κ1) is 34.1. The highest BCUT2D eigenvalue weighted by molar-refractivity contribution is 7.22. The number of phenolic OH excluding ortho intramolecular Hbond substituents is 1. The minimum Gasteiger partial charge on any atom is -0.508 e. The number of carbonyl (C=O) groups excluding carboxylic acids is 2. The number of hydrogen-bond donors (Lipinski definition) is 1. The van der Waals surface area contributed by atoms with Gasteiger partial charge in [-0.1, -0.05) is 54.1 Å². The van der Waals surface area contributed by atoms with E-state index in [2.05, 4.69) is 0 Å². The van der Waals surface area contributed by atoms with Gasteiger partial charge in [-0.3, -0.25) is 14.3 Å². The molecule has 6 aromatic rings. The molecule has 0 bridgehead atoms. The van der Waals surface area contributed by atoms with Gasteiger partial charge in [0.25, 0.3) is 0 Å². The van der Waals surface area contributed by atoms with E-state index in [0.29, 0.717) is 33.4 Å². The number of carbonyl (C=O) groups is 2. The smallest absolute Gasteiger partial charge is 0.347 e. The average Bonchev–Trinajstić information content (AvgIpc) is 3.82. The highest BCUT2D eigenvalue weighted by atomic mass is 35.5. The number of anilines is 1. The Labute approximate surface area is 317 Å². The minimum absolute atomic E-state index is 0.0910. The van der Waals surface area contributed by atoms with Crippen molar-refractivity contribution in [3.8, 4) is 22.1 Å². The van der Waals surface area contributed by atoms with Crippen molar-refractivity contribution in [2.75, 3.05) is 4.90 Å². The standard InChI is InChI=1S/C40H35ClN6O6S/c1-21-27-16-23(41)10-13-32(27)54-35(21)29-19-33(44(4)42-29)46-36(49)28-18-30-25(14-15-45-38(51)43(3)39(52)47(30)45)34(40(28,2)37(46)50)26-12-11-24(17-31(26)48)53-20-22-8-6-5-7-9-22/h5-14,16-17,19,28,30,34,48H,15,18,20H2,1-4H3/t28-,30+,34+,40+/m0/s1. The molecule has 54 heavy (non-hydrogen) atoms. The normalized spacial score (nSPS) is 22.0. The molecular formula is C40H35ClN6O6S. The number of nitrogens with zero attached hydrogens (tertiary/aromatic N) is 6. The average molecular weight is 763 g/mol. The van der Waals surface area contributed by atoms with Gasteiger partial charge in [0, 0.05) is 47.4 Å². The number of fused-ring (bicyclic) bond motifs is 5. The van der Waals surface area contributed by atoms with Gasteiger partial charge in [-0.15, -0.1) is 11.3 Å². The number of aromatic hydroxyl groups is 1. The first-order chi connectivity index (χ1) is 25.9. The van der Waals surface area contributed by atoms with E-state index < -0.39 is 46.5 Å². The van der Waals surface area contributed by atoms with Crippen molar-refractivity contribution in [2.24, 2.45) is 25.4 Å². The van der Waals surface area contributed by atoms with Crippen molar-refractivity contribution in [2.45, 2.75) is 45.4 Å². The van der Waals surface area contributed by atoms with Crippen LogP contribution in [0.5, 0.6) is 11.5 Å². The summed E-state index contributed by atoms with van der Waals surface area (Å²) < 4.78 is 12.4. The Bertz CT molecular complexity index is 2720. The summed E-state index contributed by atoms with van der Waals surface area (Å²) in [7, 11) is 3.12. The predicted molar refractivity (Wildman–Crippen MR) is 205 cm³/mol. The van der Waals surface area contributed by atoms with Crippen LogP contribution in [0.15, 0.2) is 94.0 Å². The molecule has 12 nitrogen and oxygen atoms in total. The van der Waals surface area contributed by atoms with Crippen molar-refractivity contribution in [1.82, 2.24) is 23.7 Å². The molecule has 2 aliphatic heterocycles. The molecule has 14 heteroatoms. The lowest BCUT2D eigenvalue weighted by molar-refractivity contribution is -0.129. The van der Waals surface area contributed by atoms with Gasteiger partial charge in [0.1, 0.15) is 29.6 Å². The maximum Gasteiger partial charge on any atom is 0.347 e. The van der Waals surface area contributed by atoms with Gasteiger partial charge in [0.15, 0.2) is 0 Å². The lowest BCUT2D eigenvalue weighted by atomic mass is 9.56. The summed E-state index contributed by atoms with van der Waals surface area (Å²) in [6.07, 6.45) is 1.96.